The van der Waals surface area contributed by atoms with Crippen molar-refractivity contribution in [3.8, 4) is 0 Å². The minimum Gasteiger partial charge on any atom is -0.493 e. The van der Waals surface area contributed by atoms with E-state index in [0.717, 1.165) is 6.08 Å². The lowest BCUT2D eigenvalue weighted by molar-refractivity contribution is -0.108. The summed E-state index contributed by atoms with van der Waals surface area (Å²) >= 11 is 0. The number of carbonyl (C=O) groups is 2. The topological polar surface area (TPSA) is 43.4 Å². The molecule has 0 saturated heterocycles. The van der Waals surface area contributed by atoms with Gasteiger partial charge < -0.3 is 4.74 Å². The lowest BCUT2D eigenvalue weighted by Crippen LogP contribution is -1.86. The van der Waals surface area contributed by atoms with Crippen molar-refractivity contribution in [1.29, 1.82) is 0 Å². The summed E-state index contributed by atoms with van der Waals surface area (Å²) in [5.41, 5.74) is 0. The molecule has 3 nitrogen and oxygen atoms in total. The maximum absolute atomic E-state index is 9.77. The number of hydrogen-bond acceptors (Lipinski definition) is 3. The van der Waals surface area contributed by atoms with Crippen molar-refractivity contribution < 1.29 is 14.3 Å². The molecule has 0 radical (unpaired) electrons. The Morgan fingerprint density at radius 3 is 2.25 bits per heavy atom. The molecular weight excluding hydrogens is 108 g/mol. The van der Waals surface area contributed by atoms with Crippen LogP contribution in [0.3, 0.4) is 0 Å². The van der Waals surface area contributed by atoms with Gasteiger partial charge in [0.05, 0.1) is 7.11 Å². The molecule has 0 fully saturated rings. The molecule has 0 bridgehead atoms. The van der Waals surface area contributed by atoms with Crippen LogP contribution in [0.4, 0.5) is 0 Å². The quantitative estimate of drug-likeness (QED) is 0.292. The van der Waals surface area contributed by atoms with E-state index in [4.69, 9.17) is 0 Å². The van der Waals surface area contributed by atoms with Crippen LogP contribution >= 0.6 is 0 Å². The molecule has 0 aromatic carbocycles. The SMILES string of the molecule is CO/C(C=O)=C\C=O. The third kappa shape index (κ3) is 2.12. The van der Waals surface area contributed by atoms with Gasteiger partial charge in [0.15, 0.2) is 12.0 Å². The summed E-state index contributed by atoms with van der Waals surface area (Å²) in [6, 6.07) is 0. The van der Waals surface area contributed by atoms with Crippen molar-refractivity contribution in [2.75, 3.05) is 7.11 Å². The fourth-order valence-corrected chi connectivity index (χ4v) is 0.222. The zero-order valence-electron chi connectivity index (χ0n) is 4.46. The molecule has 44 valence electrons. The van der Waals surface area contributed by atoms with Gasteiger partial charge in [-0.25, -0.2) is 0 Å². The number of carbonyl (C=O) groups excluding carboxylic acids is 2. The maximum Gasteiger partial charge on any atom is 0.184 e. The number of aldehydes is 2. The van der Waals surface area contributed by atoms with E-state index in [0.29, 0.717) is 12.6 Å². The molecule has 3 heteroatoms. The molecule has 8 heavy (non-hydrogen) atoms. The summed E-state index contributed by atoms with van der Waals surface area (Å²) in [5.74, 6) is 0.0417. The second-order valence-electron chi connectivity index (χ2n) is 1.03. The molecular formula is C5H6O3. The molecule has 0 rings (SSSR count). The Morgan fingerprint density at radius 1 is 1.50 bits per heavy atom. The molecule has 0 aromatic rings. The van der Waals surface area contributed by atoms with Crippen molar-refractivity contribution >= 4 is 12.6 Å². The first-order valence-corrected chi connectivity index (χ1v) is 1.99. The van der Waals surface area contributed by atoms with Gasteiger partial charge in [0.2, 0.25) is 0 Å². The van der Waals surface area contributed by atoms with Crippen molar-refractivity contribution in [3.05, 3.63) is 11.8 Å². The molecule has 0 unspecified atom stereocenters. The van der Waals surface area contributed by atoms with Gasteiger partial charge in [-0.05, 0) is 0 Å². The highest BCUT2D eigenvalue weighted by molar-refractivity contribution is 5.79. The van der Waals surface area contributed by atoms with Crippen LogP contribution in [0.1, 0.15) is 0 Å². The monoisotopic (exact) mass is 114 g/mol. The number of ether oxygens (including phenoxy) is 1. The Labute approximate surface area is 46.9 Å². The predicted octanol–water partition coefficient (Wildman–Crippen LogP) is -0.0855. The van der Waals surface area contributed by atoms with E-state index in [2.05, 4.69) is 4.74 Å². The van der Waals surface area contributed by atoms with Gasteiger partial charge in [0, 0.05) is 6.08 Å². The van der Waals surface area contributed by atoms with Gasteiger partial charge in [-0.3, -0.25) is 9.59 Å². The summed E-state index contributed by atoms with van der Waals surface area (Å²) in [5, 5.41) is 0. The average molecular weight is 114 g/mol. The summed E-state index contributed by atoms with van der Waals surface area (Å²) in [4.78, 5) is 19.4. The number of methoxy groups -OCH3 is 1. The lowest BCUT2D eigenvalue weighted by Gasteiger charge is -1.89. The Kier molecular flexibility index (Phi) is 3.48. The second-order valence-corrected chi connectivity index (χ2v) is 1.03. The van der Waals surface area contributed by atoms with E-state index in [9.17, 15) is 9.59 Å². The van der Waals surface area contributed by atoms with E-state index in [1.807, 2.05) is 0 Å². The predicted molar refractivity (Wildman–Crippen MR) is 27.2 cm³/mol. The second kappa shape index (κ2) is 4.05. The third-order valence-electron chi connectivity index (χ3n) is 0.584. The maximum atomic E-state index is 9.77. The van der Waals surface area contributed by atoms with Crippen LogP contribution in [0.15, 0.2) is 11.8 Å². The first-order valence-electron chi connectivity index (χ1n) is 1.99. The van der Waals surface area contributed by atoms with E-state index >= 15 is 0 Å². The van der Waals surface area contributed by atoms with Gasteiger partial charge in [-0.1, -0.05) is 0 Å². The highest BCUT2D eigenvalue weighted by Gasteiger charge is 1.86. The summed E-state index contributed by atoms with van der Waals surface area (Å²) < 4.78 is 4.40. The molecule has 0 atom stereocenters. The van der Waals surface area contributed by atoms with Crippen molar-refractivity contribution in [3.63, 3.8) is 0 Å². The van der Waals surface area contributed by atoms with E-state index < -0.39 is 0 Å². The standard InChI is InChI=1S/C5H6O3/c1-8-5(4-7)2-3-6/h2-4H,1H3/b5-2-. The van der Waals surface area contributed by atoms with Crippen LogP contribution in [0.25, 0.3) is 0 Å². The molecule has 0 amide bonds. The van der Waals surface area contributed by atoms with Crippen molar-refractivity contribution in [1.82, 2.24) is 0 Å². The fourth-order valence-electron chi connectivity index (χ4n) is 0.222. The van der Waals surface area contributed by atoms with Crippen molar-refractivity contribution in [2.45, 2.75) is 0 Å². The van der Waals surface area contributed by atoms with Gasteiger partial charge in [-0.2, -0.15) is 0 Å². The largest absolute Gasteiger partial charge is 0.493 e. The zero-order chi connectivity index (χ0) is 6.41. The average Bonchev–Trinajstić information content (AvgIpc) is 1.83. The Hall–Kier alpha value is -1.12. The summed E-state index contributed by atoms with van der Waals surface area (Å²) in [6.45, 7) is 0. The van der Waals surface area contributed by atoms with Crippen LogP contribution in [0.5, 0.6) is 0 Å². The van der Waals surface area contributed by atoms with Gasteiger partial charge in [0.25, 0.3) is 0 Å². The highest BCUT2D eigenvalue weighted by Crippen LogP contribution is 1.84. The molecule has 0 aliphatic carbocycles. The minimum absolute atomic E-state index is 0.0417. The van der Waals surface area contributed by atoms with Crippen LogP contribution in [-0.2, 0) is 14.3 Å². The molecule has 0 spiro atoms. The van der Waals surface area contributed by atoms with Crippen molar-refractivity contribution in [2.24, 2.45) is 0 Å². The van der Waals surface area contributed by atoms with Gasteiger partial charge >= 0.3 is 0 Å². The number of rotatable bonds is 3. The van der Waals surface area contributed by atoms with Gasteiger partial charge in [-0.15, -0.1) is 0 Å². The molecule has 0 aromatic heterocycles. The number of allylic oxidation sites excluding steroid dienone is 2. The van der Waals surface area contributed by atoms with Crippen LogP contribution < -0.4 is 0 Å². The van der Waals surface area contributed by atoms with Crippen LogP contribution in [0, 0.1) is 0 Å². The fraction of sp³-hybridized carbons (Fsp3) is 0.200. The smallest absolute Gasteiger partial charge is 0.184 e. The Balaban J connectivity index is 3.84. The third-order valence-corrected chi connectivity index (χ3v) is 0.584. The molecule has 0 aliphatic rings. The summed E-state index contributed by atoms with van der Waals surface area (Å²) in [6.07, 6.45) is 2.01. The summed E-state index contributed by atoms with van der Waals surface area (Å²) in [7, 11) is 1.32. The molecule has 0 heterocycles. The van der Waals surface area contributed by atoms with Crippen LogP contribution in [-0.4, -0.2) is 19.7 Å². The first kappa shape index (κ1) is 6.88. The number of hydrogen-bond donors (Lipinski definition) is 0. The molecule has 0 aliphatic heterocycles. The van der Waals surface area contributed by atoms with E-state index in [1.54, 1.807) is 0 Å². The van der Waals surface area contributed by atoms with Crippen LogP contribution in [0.2, 0.25) is 0 Å². The highest BCUT2D eigenvalue weighted by atomic mass is 16.5. The van der Waals surface area contributed by atoms with Gasteiger partial charge in [0.1, 0.15) is 6.29 Å². The lowest BCUT2D eigenvalue weighted by atomic mass is 10.5. The Bertz CT molecular complexity index is 115. The Morgan fingerprint density at radius 2 is 2.12 bits per heavy atom. The minimum atomic E-state index is 0.0417. The molecule has 0 saturated carbocycles. The van der Waals surface area contributed by atoms with E-state index in [1.165, 1.54) is 7.11 Å². The molecule has 0 N–H and O–H groups in total. The zero-order valence-corrected chi connectivity index (χ0v) is 4.46. The normalized spacial score (nSPS) is 10.4. The first-order chi connectivity index (χ1) is 3.85. The van der Waals surface area contributed by atoms with E-state index in [-0.39, 0.29) is 5.76 Å².